The van der Waals surface area contributed by atoms with E-state index in [1.54, 1.807) is 3.96 Å². The summed E-state index contributed by atoms with van der Waals surface area (Å²) in [5, 5.41) is 3.14. The second kappa shape index (κ2) is 9.05. The predicted molar refractivity (Wildman–Crippen MR) is 116 cm³/mol. The molecular formula is C22H23F3N2O3S. The summed E-state index contributed by atoms with van der Waals surface area (Å²) in [5.41, 5.74) is 0.898. The third-order valence-corrected chi connectivity index (χ3v) is 5.68. The summed E-state index contributed by atoms with van der Waals surface area (Å²) in [4.78, 5) is 13.8. The number of hydrogen-bond acceptors (Lipinski definition) is 5. The van der Waals surface area contributed by atoms with Crippen molar-refractivity contribution in [3.63, 3.8) is 0 Å². The van der Waals surface area contributed by atoms with E-state index in [4.69, 9.17) is 4.74 Å². The summed E-state index contributed by atoms with van der Waals surface area (Å²) >= 11 is 1.39. The van der Waals surface area contributed by atoms with Crippen LogP contribution in [0.1, 0.15) is 20.8 Å². The second-order valence-electron chi connectivity index (χ2n) is 7.73. The van der Waals surface area contributed by atoms with Crippen LogP contribution in [0.4, 0.5) is 18.9 Å². The van der Waals surface area contributed by atoms with Gasteiger partial charge < -0.3 is 14.8 Å². The first-order valence-electron chi connectivity index (χ1n) is 9.59. The molecule has 31 heavy (non-hydrogen) atoms. The molecular weight excluding hydrogens is 429 g/mol. The van der Waals surface area contributed by atoms with Gasteiger partial charge in [0, 0.05) is 12.6 Å². The van der Waals surface area contributed by atoms with Gasteiger partial charge in [-0.05, 0) is 38.5 Å². The summed E-state index contributed by atoms with van der Waals surface area (Å²) < 4.78 is 48.2. The lowest BCUT2D eigenvalue weighted by molar-refractivity contribution is -0.274. The Balaban J connectivity index is 1.72. The number of ether oxygens (including phenoxy) is 2. The zero-order valence-electron chi connectivity index (χ0n) is 17.3. The molecule has 1 aromatic heterocycles. The van der Waals surface area contributed by atoms with E-state index in [1.807, 2.05) is 51.1 Å². The molecule has 1 N–H and O–H groups in total. The molecule has 2 aromatic carbocycles. The van der Waals surface area contributed by atoms with Crippen molar-refractivity contribution < 1.29 is 22.6 Å². The highest BCUT2D eigenvalue weighted by Gasteiger charge is 2.31. The maximum atomic E-state index is 13.0. The van der Waals surface area contributed by atoms with E-state index >= 15 is 0 Å². The summed E-state index contributed by atoms with van der Waals surface area (Å²) in [7, 11) is 0. The van der Waals surface area contributed by atoms with Crippen molar-refractivity contribution in [2.45, 2.75) is 32.7 Å². The number of alkyl halides is 3. The van der Waals surface area contributed by atoms with Crippen molar-refractivity contribution in [3.8, 4) is 21.9 Å². The minimum absolute atomic E-state index is 0.128. The molecule has 0 unspecified atom stereocenters. The number of nitrogens with zero attached hydrogens (tertiary/aromatic N) is 1. The molecule has 9 heteroatoms. The summed E-state index contributed by atoms with van der Waals surface area (Å²) in [6.07, 6.45) is -4.76. The van der Waals surface area contributed by atoms with Crippen LogP contribution in [0.5, 0.6) is 11.5 Å². The van der Waals surface area contributed by atoms with Crippen molar-refractivity contribution >= 4 is 17.2 Å². The van der Waals surface area contributed by atoms with E-state index in [9.17, 15) is 18.0 Å². The molecule has 0 amide bonds. The topological polar surface area (TPSA) is 52.5 Å². The molecule has 3 aromatic rings. The fraction of sp³-hybridized carbons (Fsp3) is 0.318. The Morgan fingerprint density at radius 3 is 2.32 bits per heavy atom. The van der Waals surface area contributed by atoms with E-state index in [0.717, 1.165) is 10.4 Å². The maximum absolute atomic E-state index is 13.0. The van der Waals surface area contributed by atoms with Gasteiger partial charge in [-0.2, -0.15) is 0 Å². The van der Waals surface area contributed by atoms with Crippen LogP contribution in [0.3, 0.4) is 0 Å². The van der Waals surface area contributed by atoms with Gasteiger partial charge in [-0.1, -0.05) is 47.9 Å². The Morgan fingerprint density at radius 1 is 1.00 bits per heavy atom. The molecule has 0 saturated carbocycles. The summed E-state index contributed by atoms with van der Waals surface area (Å²) in [6, 6.07) is 14.9. The Hall–Kier alpha value is -2.94. The molecule has 1 heterocycles. The van der Waals surface area contributed by atoms with E-state index in [-0.39, 0.29) is 29.2 Å². The molecule has 0 bridgehead atoms. The first kappa shape index (κ1) is 22.7. The van der Waals surface area contributed by atoms with Gasteiger partial charge in [0.15, 0.2) is 0 Å². The first-order valence-corrected chi connectivity index (χ1v) is 10.4. The van der Waals surface area contributed by atoms with Gasteiger partial charge in [0.05, 0.1) is 10.4 Å². The molecule has 0 aliphatic rings. The standard InChI is InChI=1S/C22H23F3N2O3S/c1-21(2,3)27-20(28)18(19(31-27)15-8-5-4-6-9-15)26-12-13-29-16-10-7-11-17(14-16)30-22(23,24)25/h4-11,14,26H,12-13H2,1-3H3. The average molecular weight is 452 g/mol. The van der Waals surface area contributed by atoms with Gasteiger partial charge in [0.25, 0.3) is 5.56 Å². The quantitative estimate of drug-likeness (QED) is 0.466. The largest absolute Gasteiger partial charge is 0.573 e. The third-order valence-electron chi connectivity index (χ3n) is 4.16. The Labute approximate surface area is 182 Å². The lowest BCUT2D eigenvalue weighted by Gasteiger charge is -2.18. The second-order valence-corrected chi connectivity index (χ2v) is 8.69. The molecule has 5 nitrogen and oxygen atoms in total. The highest BCUT2D eigenvalue weighted by molar-refractivity contribution is 7.11. The molecule has 0 saturated heterocycles. The van der Waals surface area contributed by atoms with Crippen molar-refractivity contribution in [2.24, 2.45) is 0 Å². The Bertz CT molecular complexity index is 1070. The van der Waals surface area contributed by atoms with Crippen LogP contribution in [0.25, 0.3) is 10.4 Å². The molecule has 0 spiro atoms. The highest BCUT2D eigenvalue weighted by Crippen LogP contribution is 2.33. The zero-order valence-corrected chi connectivity index (χ0v) is 18.1. The van der Waals surface area contributed by atoms with Gasteiger partial charge in [-0.15, -0.1) is 13.2 Å². The van der Waals surface area contributed by atoms with Crippen molar-refractivity contribution in [2.75, 3.05) is 18.5 Å². The normalized spacial score (nSPS) is 11.9. The molecule has 0 aliphatic carbocycles. The van der Waals surface area contributed by atoms with Gasteiger partial charge in [0.2, 0.25) is 0 Å². The van der Waals surface area contributed by atoms with Crippen LogP contribution in [0.15, 0.2) is 59.4 Å². The minimum atomic E-state index is -4.76. The zero-order chi connectivity index (χ0) is 22.6. The average Bonchev–Trinajstić information content (AvgIpc) is 3.02. The van der Waals surface area contributed by atoms with Crippen LogP contribution in [0.2, 0.25) is 0 Å². The van der Waals surface area contributed by atoms with Crippen molar-refractivity contribution in [1.82, 2.24) is 3.96 Å². The van der Waals surface area contributed by atoms with Gasteiger partial charge >= 0.3 is 6.36 Å². The molecule has 0 radical (unpaired) electrons. The van der Waals surface area contributed by atoms with E-state index in [0.29, 0.717) is 12.2 Å². The maximum Gasteiger partial charge on any atom is 0.573 e. The number of hydrogen-bond donors (Lipinski definition) is 1. The number of nitrogens with one attached hydrogen (secondary N) is 1. The monoisotopic (exact) mass is 452 g/mol. The number of halogens is 3. The van der Waals surface area contributed by atoms with Crippen LogP contribution in [0, 0.1) is 0 Å². The molecule has 166 valence electrons. The van der Waals surface area contributed by atoms with Gasteiger partial charge in [0.1, 0.15) is 23.8 Å². The van der Waals surface area contributed by atoms with E-state index < -0.39 is 6.36 Å². The summed E-state index contributed by atoms with van der Waals surface area (Å²) in [6.45, 7) is 6.32. The fourth-order valence-electron chi connectivity index (χ4n) is 2.87. The molecule has 0 aliphatic heterocycles. The number of rotatable bonds is 7. The predicted octanol–water partition coefficient (Wildman–Crippen LogP) is 5.72. The van der Waals surface area contributed by atoms with E-state index in [1.165, 1.54) is 35.8 Å². The Kier molecular flexibility index (Phi) is 6.64. The smallest absolute Gasteiger partial charge is 0.492 e. The van der Waals surface area contributed by atoms with Crippen molar-refractivity contribution in [1.29, 1.82) is 0 Å². The first-order chi connectivity index (χ1) is 14.5. The fourth-order valence-corrected chi connectivity index (χ4v) is 3.99. The summed E-state index contributed by atoms with van der Waals surface area (Å²) in [5.74, 6) is -0.112. The third kappa shape index (κ3) is 6.04. The lowest BCUT2D eigenvalue weighted by Crippen LogP contribution is -2.30. The number of anilines is 1. The number of benzene rings is 2. The Morgan fingerprint density at radius 2 is 1.68 bits per heavy atom. The molecule has 3 rings (SSSR count). The lowest BCUT2D eigenvalue weighted by atomic mass is 10.1. The SMILES string of the molecule is CC(C)(C)n1sc(-c2ccccc2)c(NCCOc2cccc(OC(F)(F)F)c2)c1=O. The minimum Gasteiger partial charge on any atom is -0.492 e. The highest BCUT2D eigenvalue weighted by atomic mass is 32.1. The van der Waals surface area contributed by atoms with Crippen LogP contribution in [-0.4, -0.2) is 23.5 Å². The van der Waals surface area contributed by atoms with Crippen LogP contribution in [-0.2, 0) is 5.54 Å². The number of aromatic nitrogens is 1. The van der Waals surface area contributed by atoms with Crippen molar-refractivity contribution in [3.05, 3.63) is 65.0 Å². The van der Waals surface area contributed by atoms with Crippen LogP contribution < -0.4 is 20.3 Å². The van der Waals surface area contributed by atoms with Crippen LogP contribution >= 0.6 is 11.5 Å². The molecule has 0 fully saturated rings. The van der Waals surface area contributed by atoms with Gasteiger partial charge in [-0.25, -0.2) is 0 Å². The molecule has 0 atom stereocenters. The van der Waals surface area contributed by atoms with E-state index in [2.05, 4.69) is 10.1 Å². The van der Waals surface area contributed by atoms with Gasteiger partial charge in [-0.3, -0.25) is 8.75 Å².